The van der Waals surface area contributed by atoms with Gasteiger partial charge in [0.1, 0.15) is 17.3 Å². The molecule has 0 atom stereocenters. The summed E-state index contributed by atoms with van der Waals surface area (Å²) in [6, 6.07) is 3.48. The molecule has 0 saturated heterocycles. The molecule has 1 aromatic carbocycles. The van der Waals surface area contributed by atoms with Crippen LogP contribution in [-0.2, 0) is 0 Å². The van der Waals surface area contributed by atoms with Gasteiger partial charge in [-0.15, -0.1) is 0 Å². The molecule has 4 nitrogen and oxygen atoms in total. The highest BCUT2D eigenvalue weighted by molar-refractivity contribution is 5.85. The third-order valence-corrected chi connectivity index (χ3v) is 2.72. The van der Waals surface area contributed by atoms with Crippen LogP contribution in [0.2, 0.25) is 0 Å². The molecule has 19 heavy (non-hydrogen) atoms. The first-order chi connectivity index (χ1) is 8.91. The molecule has 0 saturated carbocycles. The van der Waals surface area contributed by atoms with Crippen molar-refractivity contribution in [3.05, 3.63) is 41.2 Å². The van der Waals surface area contributed by atoms with Crippen molar-refractivity contribution in [3.63, 3.8) is 0 Å². The minimum atomic E-state index is -1.35. The number of carboxylic acid groups (broad SMARTS) is 1. The summed E-state index contributed by atoms with van der Waals surface area (Å²) in [7, 11) is 0. The van der Waals surface area contributed by atoms with Crippen molar-refractivity contribution in [2.45, 2.75) is 19.8 Å². The summed E-state index contributed by atoms with van der Waals surface area (Å²) in [5.41, 5.74) is -0.214. The lowest BCUT2D eigenvalue weighted by atomic mass is 9.98. The minimum Gasteiger partial charge on any atom is -0.475 e. The number of benzene rings is 1. The molecule has 0 fully saturated rings. The number of carboxylic acids is 1. The van der Waals surface area contributed by atoms with Gasteiger partial charge >= 0.3 is 5.97 Å². The van der Waals surface area contributed by atoms with E-state index in [0.717, 1.165) is 12.1 Å². The molecule has 0 aliphatic rings. The van der Waals surface area contributed by atoms with E-state index in [2.05, 4.69) is 9.68 Å². The fourth-order valence-electron chi connectivity index (χ4n) is 1.74. The van der Waals surface area contributed by atoms with Gasteiger partial charge in [0.05, 0.1) is 5.56 Å². The molecule has 1 heterocycles. The lowest BCUT2D eigenvalue weighted by Gasteiger charge is -2.10. The topological polar surface area (TPSA) is 63.3 Å². The maximum atomic E-state index is 14.2. The Kier molecular flexibility index (Phi) is 3.33. The molecule has 2 rings (SSSR count). The highest BCUT2D eigenvalue weighted by atomic mass is 19.1. The molecule has 1 N–H and O–H groups in total. The van der Waals surface area contributed by atoms with Crippen LogP contribution in [0, 0.1) is 11.6 Å². The summed E-state index contributed by atoms with van der Waals surface area (Å²) in [5, 5.41) is 12.1. The van der Waals surface area contributed by atoms with E-state index in [9.17, 15) is 13.6 Å². The van der Waals surface area contributed by atoms with E-state index in [1.165, 1.54) is 6.07 Å². The number of aromatic nitrogens is 1. The summed E-state index contributed by atoms with van der Waals surface area (Å²) >= 11 is 0. The van der Waals surface area contributed by atoms with Crippen molar-refractivity contribution in [2.24, 2.45) is 0 Å². The zero-order valence-electron chi connectivity index (χ0n) is 10.3. The summed E-state index contributed by atoms with van der Waals surface area (Å²) in [6.07, 6.45) is 0. The number of halogens is 2. The predicted molar refractivity (Wildman–Crippen MR) is 62.9 cm³/mol. The van der Waals surface area contributed by atoms with E-state index in [1.54, 1.807) is 13.8 Å². The smallest absolute Gasteiger partial charge is 0.374 e. The third kappa shape index (κ3) is 2.33. The van der Waals surface area contributed by atoms with Gasteiger partial charge in [0, 0.05) is 6.07 Å². The lowest BCUT2D eigenvalue weighted by molar-refractivity contribution is 0.0652. The van der Waals surface area contributed by atoms with Crippen molar-refractivity contribution < 1.29 is 23.2 Å². The average Bonchev–Trinajstić information content (AvgIpc) is 2.78. The minimum absolute atomic E-state index is 0.134. The quantitative estimate of drug-likeness (QED) is 0.925. The SMILES string of the molecule is CC(C)c1ccc(F)c(-c2cc(C(=O)O)on2)c1F. The van der Waals surface area contributed by atoms with Crippen LogP contribution < -0.4 is 0 Å². The van der Waals surface area contributed by atoms with E-state index < -0.39 is 23.4 Å². The Morgan fingerprint density at radius 1 is 1.37 bits per heavy atom. The van der Waals surface area contributed by atoms with Crippen LogP contribution >= 0.6 is 0 Å². The Bertz CT molecular complexity index is 635. The molecule has 2 aromatic rings. The number of hydrogen-bond acceptors (Lipinski definition) is 3. The lowest BCUT2D eigenvalue weighted by Crippen LogP contribution is -1.99. The zero-order chi connectivity index (χ0) is 14.2. The maximum absolute atomic E-state index is 14.2. The Morgan fingerprint density at radius 2 is 2.05 bits per heavy atom. The van der Waals surface area contributed by atoms with Crippen LogP contribution in [-0.4, -0.2) is 16.2 Å². The molecular weight excluding hydrogens is 256 g/mol. The van der Waals surface area contributed by atoms with Crippen molar-refractivity contribution >= 4 is 5.97 Å². The highest BCUT2D eigenvalue weighted by Gasteiger charge is 2.21. The number of rotatable bonds is 3. The molecule has 0 spiro atoms. The van der Waals surface area contributed by atoms with Gasteiger partial charge in [-0.2, -0.15) is 0 Å². The molecule has 1 aromatic heterocycles. The highest BCUT2D eigenvalue weighted by Crippen LogP contribution is 2.30. The first-order valence-electron chi connectivity index (χ1n) is 5.60. The largest absolute Gasteiger partial charge is 0.475 e. The molecule has 0 amide bonds. The van der Waals surface area contributed by atoms with Crippen LogP contribution in [0.15, 0.2) is 22.7 Å². The summed E-state index contributed by atoms with van der Waals surface area (Å²) in [6.45, 7) is 3.54. The molecule has 6 heteroatoms. The van der Waals surface area contributed by atoms with E-state index in [4.69, 9.17) is 5.11 Å². The molecular formula is C13H11F2NO3. The molecule has 0 unspecified atom stereocenters. The Morgan fingerprint density at radius 3 is 2.58 bits per heavy atom. The standard InChI is InChI=1S/C13H11F2NO3/c1-6(2)7-3-4-8(14)11(12(7)15)9-5-10(13(17)18)19-16-9/h3-6H,1-2H3,(H,17,18). The van der Waals surface area contributed by atoms with Crippen LogP contribution in [0.4, 0.5) is 8.78 Å². The summed E-state index contributed by atoms with van der Waals surface area (Å²) in [4.78, 5) is 10.7. The van der Waals surface area contributed by atoms with Crippen LogP contribution in [0.5, 0.6) is 0 Å². The molecule has 0 aliphatic heterocycles. The monoisotopic (exact) mass is 267 g/mol. The van der Waals surface area contributed by atoms with Gasteiger partial charge in [-0.25, -0.2) is 13.6 Å². The number of hydrogen-bond donors (Lipinski definition) is 1. The van der Waals surface area contributed by atoms with Gasteiger partial charge in [-0.1, -0.05) is 25.1 Å². The number of aromatic carboxylic acids is 1. The first-order valence-corrected chi connectivity index (χ1v) is 5.60. The van der Waals surface area contributed by atoms with Crippen LogP contribution in [0.1, 0.15) is 35.9 Å². The zero-order valence-corrected chi connectivity index (χ0v) is 10.3. The van der Waals surface area contributed by atoms with Gasteiger partial charge in [0.2, 0.25) is 5.76 Å². The number of carbonyl (C=O) groups is 1. The Balaban J connectivity index is 2.60. The third-order valence-electron chi connectivity index (χ3n) is 2.72. The average molecular weight is 267 g/mol. The second-order valence-electron chi connectivity index (χ2n) is 4.36. The molecule has 100 valence electrons. The summed E-state index contributed by atoms with van der Waals surface area (Å²) in [5.74, 6) is -3.51. The number of nitrogens with zero attached hydrogens (tertiary/aromatic N) is 1. The second-order valence-corrected chi connectivity index (χ2v) is 4.36. The van der Waals surface area contributed by atoms with Gasteiger partial charge in [0.25, 0.3) is 0 Å². The van der Waals surface area contributed by atoms with Gasteiger partial charge in [-0.05, 0) is 17.5 Å². The fourth-order valence-corrected chi connectivity index (χ4v) is 1.74. The fraction of sp³-hybridized carbons (Fsp3) is 0.231. The predicted octanol–water partition coefficient (Wildman–Crippen LogP) is 3.44. The van der Waals surface area contributed by atoms with Gasteiger partial charge in [-0.3, -0.25) is 0 Å². The second kappa shape index (κ2) is 4.79. The van der Waals surface area contributed by atoms with Crippen molar-refractivity contribution in [3.8, 4) is 11.3 Å². The van der Waals surface area contributed by atoms with E-state index in [1.807, 2.05) is 0 Å². The molecule has 0 bridgehead atoms. The molecule has 0 radical (unpaired) electrons. The Labute approximate surface area is 107 Å². The van der Waals surface area contributed by atoms with Crippen LogP contribution in [0.3, 0.4) is 0 Å². The summed E-state index contributed by atoms with van der Waals surface area (Å²) < 4.78 is 32.4. The van der Waals surface area contributed by atoms with E-state index in [0.29, 0.717) is 5.56 Å². The van der Waals surface area contributed by atoms with Crippen molar-refractivity contribution in [1.82, 2.24) is 5.16 Å². The Hall–Kier alpha value is -2.24. The van der Waals surface area contributed by atoms with Crippen molar-refractivity contribution in [1.29, 1.82) is 0 Å². The maximum Gasteiger partial charge on any atom is 0.374 e. The van der Waals surface area contributed by atoms with E-state index in [-0.39, 0.29) is 17.2 Å². The van der Waals surface area contributed by atoms with Gasteiger partial charge < -0.3 is 9.63 Å². The normalized spacial score (nSPS) is 11.0. The first kappa shape index (κ1) is 13.2. The van der Waals surface area contributed by atoms with Crippen LogP contribution in [0.25, 0.3) is 11.3 Å². The molecule has 0 aliphatic carbocycles. The van der Waals surface area contributed by atoms with Gasteiger partial charge in [0.15, 0.2) is 0 Å². The van der Waals surface area contributed by atoms with Crippen molar-refractivity contribution in [2.75, 3.05) is 0 Å². The van der Waals surface area contributed by atoms with E-state index >= 15 is 0 Å².